The standard InChI is InChI=1S/C55H88O/c1-32-20-43(35-24-37(51(4,5)6)28-38(25-35)52(7,8)9)45-22-33(2)41(44(45)21-32)30-42-34(3)23-47-46(42)31-48(55(16,17)18)50(56-19)49(47)36-26-39(53(10,11)12)29-40(27-36)54(13,14)15/h24-29,32-34,41-50H,20-23,30-31H2,1-19H3. The van der Waals surface area contributed by atoms with Crippen LogP contribution in [0.5, 0.6) is 0 Å². The first-order chi connectivity index (χ1) is 25.6. The van der Waals surface area contributed by atoms with E-state index >= 15 is 0 Å². The number of rotatable bonds is 5. The average molecular weight is 765 g/mol. The molecule has 0 bridgehead atoms. The lowest BCUT2D eigenvalue weighted by atomic mass is 9.57. The van der Waals surface area contributed by atoms with Gasteiger partial charge in [-0.05, 0) is 164 Å². The molecule has 4 fully saturated rings. The van der Waals surface area contributed by atoms with Gasteiger partial charge in [-0.3, -0.25) is 0 Å². The highest BCUT2D eigenvalue weighted by Gasteiger charge is 2.57. The largest absolute Gasteiger partial charge is 0.381 e. The van der Waals surface area contributed by atoms with Crippen LogP contribution in [0.3, 0.4) is 0 Å². The first kappa shape index (κ1) is 44.0. The molecule has 0 N–H and O–H groups in total. The predicted octanol–water partition coefficient (Wildman–Crippen LogP) is 15.4. The number of methoxy groups -OCH3 is 1. The van der Waals surface area contributed by atoms with Crippen molar-refractivity contribution in [2.24, 2.45) is 64.6 Å². The van der Waals surface area contributed by atoms with Crippen LogP contribution in [0.1, 0.15) is 208 Å². The van der Waals surface area contributed by atoms with E-state index in [1.54, 1.807) is 11.1 Å². The fourth-order valence-corrected chi connectivity index (χ4v) is 13.2. The van der Waals surface area contributed by atoms with Gasteiger partial charge in [-0.2, -0.15) is 0 Å². The Labute approximate surface area is 347 Å². The zero-order valence-corrected chi connectivity index (χ0v) is 40.1. The maximum atomic E-state index is 6.77. The Morgan fingerprint density at radius 2 is 0.893 bits per heavy atom. The van der Waals surface area contributed by atoms with E-state index in [-0.39, 0.29) is 33.2 Å². The molecule has 0 saturated heterocycles. The van der Waals surface area contributed by atoms with Gasteiger partial charge in [0, 0.05) is 13.0 Å². The van der Waals surface area contributed by atoms with E-state index in [1.807, 2.05) is 7.11 Å². The van der Waals surface area contributed by atoms with E-state index in [9.17, 15) is 0 Å². The molecular weight excluding hydrogens is 677 g/mol. The fourth-order valence-electron chi connectivity index (χ4n) is 13.2. The molecule has 2 aromatic rings. The number of fused-ring (bicyclic) bond motifs is 2. The quantitative estimate of drug-likeness (QED) is 0.295. The number of benzene rings is 2. The topological polar surface area (TPSA) is 9.23 Å². The van der Waals surface area contributed by atoms with Crippen LogP contribution in [0, 0.1) is 64.6 Å². The Kier molecular flexibility index (Phi) is 11.9. The summed E-state index contributed by atoms with van der Waals surface area (Å²) in [6, 6.07) is 15.6. The lowest BCUT2D eigenvalue weighted by Gasteiger charge is -2.51. The van der Waals surface area contributed by atoms with Crippen LogP contribution < -0.4 is 0 Å². The van der Waals surface area contributed by atoms with E-state index in [0.29, 0.717) is 23.7 Å². The fraction of sp³-hybridized carbons (Fsp3) is 0.782. The van der Waals surface area contributed by atoms with Crippen molar-refractivity contribution < 1.29 is 4.74 Å². The third-order valence-electron chi connectivity index (χ3n) is 16.7. The van der Waals surface area contributed by atoms with Gasteiger partial charge in [0.1, 0.15) is 0 Å². The maximum Gasteiger partial charge on any atom is 0.0675 e. The average Bonchev–Trinajstić information content (AvgIpc) is 3.55. The molecule has 13 atom stereocenters. The summed E-state index contributed by atoms with van der Waals surface area (Å²) in [6.07, 6.45) is 8.58. The number of ether oxygens (including phenoxy) is 1. The maximum absolute atomic E-state index is 6.77. The molecular formula is C55H88O. The van der Waals surface area contributed by atoms with E-state index < -0.39 is 0 Å². The van der Waals surface area contributed by atoms with Crippen LogP contribution in [0.2, 0.25) is 0 Å². The third kappa shape index (κ3) is 8.66. The summed E-state index contributed by atoms with van der Waals surface area (Å²) in [5.74, 6) is 8.79. The van der Waals surface area contributed by atoms with E-state index in [1.165, 1.54) is 60.8 Å². The van der Waals surface area contributed by atoms with Crippen LogP contribution in [0.25, 0.3) is 0 Å². The molecule has 0 radical (unpaired) electrons. The summed E-state index contributed by atoms with van der Waals surface area (Å²) >= 11 is 0. The first-order valence-electron chi connectivity index (χ1n) is 23.4. The number of hydrogen-bond acceptors (Lipinski definition) is 1. The first-order valence-corrected chi connectivity index (χ1v) is 23.4. The minimum Gasteiger partial charge on any atom is -0.381 e. The molecule has 0 spiro atoms. The monoisotopic (exact) mass is 765 g/mol. The highest BCUT2D eigenvalue weighted by molar-refractivity contribution is 5.41. The minimum absolute atomic E-state index is 0.105. The lowest BCUT2D eigenvalue weighted by Crippen LogP contribution is -2.48. The SMILES string of the molecule is COC1C(c2cc(C(C)(C)C)cc(C(C)(C)C)c2)C2CC(C)C(CC3C(C)CC4C(c5cc(C(C)(C)C)cc(C(C)(C)C)c5)CC(C)CC34)C2CC1C(C)(C)C. The highest BCUT2D eigenvalue weighted by Crippen LogP contribution is 2.64. The lowest BCUT2D eigenvalue weighted by molar-refractivity contribution is -0.0759. The van der Waals surface area contributed by atoms with Gasteiger partial charge in [-0.1, -0.05) is 161 Å². The molecule has 0 aromatic heterocycles. The van der Waals surface area contributed by atoms with E-state index in [0.717, 1.165) is 47.3 Å². The van der Waals surface area contributed by atoms with Crippen molar-refractivity contribution in [3.63, 3.8) is 0 Å². The molecule has 314 valence electrons. The highest BCUT2D eigenvalue weighted by atomic mass is 16.5. The van der Waals surface area contributed by atoms with Crippen molar-refractivity contribution in [1.82, 2.24) is 0 Å². The molecule has 4 saturated carbocycles. The van der Waals surface area contributed by atoms with Gasteiger partial charge in [0.05, 0.1) is 6.10 Å². The van der Waals surface area contributed by atoms with Gasteiger partial charge in [0.15, 0.2) is 0 Å². The van der Waals surface area contributed by atoms with E-state index in [2.05, 4.69) is 161 Å². The van der Waals surface area contributed by atoms with Crippen molar-refractivity contribution in [3.05, 3.63) is 69.8 Å². The van der Waals surface area contributed by atoms with Gasteiger partial charge in [0.25, 0.3) is 0 Å². The normalized spacial score (nSPS) is 35.7. The van der Waals surface area contributed by atoms with Crippen molar-refractivity contribution >= 4 is 0 Å². The molecule has 0 aliphatic heterocycles. The van der Waals surface area contributed by atoms with Crippen molar-refractivity contribution in [2.45, 2.75) is 203 Å². The molecule has 0 amide bonds. The molecule has 4 aliphatic carbocycles. The number of hydrogen-bond donors (Lipinski definition) is 0. The summed E-state index contributed by atoms with van der Waals surface area (Å²) in [5.41, 5.74) is 9.97. The Bertz CT molecular complexity index is 1610. The van der Waals surface area contributed by atoms with Gasteiger partial charge in [-0.15, -0.1) is 0 Å². The molecule has 2 aromatic carbocycles. The van der Waals surface area contributed by atoms with Gasteiger partial charge in [-0.25, -0.2) is 0 Å². The molecule has 13 unspecified atom stereocenters. The summed E-state index contributed by atoms with van der Waals surface area (Å²) in [6.45, 7) is 44.3. The summed E-state index contributed by atoms with van der Waals surface area (Å²) in [4.78, 5) is 0. The predicted molar refractivity (Wildman–Crippen MR) is 243 cm³/mol. The second-order valence-electron chi connectivity index (χ2n) is 25.9. The summed E-state index contributed by atoms with van der Waals surface area (Å²) in [7, 11) is 2.04. The Morgan fingerprint density at radius 1 is 0.482 bits per heavy atom. The van der Waals surface area contributed by atoms with Crippen molar-refractivity contribution in [1.29, 1.82) is 0 Å². The van der Waals surface area contributed by atoms with E-state index in [4.69, 9.17) is 4.74 Å². The molecule has 6 rings (SSSR count). The molecule has 1 nitrogen and oxygen atoms in total. The summed E-state index contributed by atoms with van der Waals surface area (Å²) in [5, 5.41) is 0. The van der Waals surface area contributed by atoms with Gasteiger partial charge < -0.3 is 4.74 Å². The molecule has 56 heavy (non-hydrogen) atoms. The second kappa shape index (κ2) is 15.1. The zero-order valence-electron chi connectivity index (χ0n) is 40.1. The Hall–Kier alpha value is -1.60. The third-order valence-corrected chi connectivity index (χ3v) is 16.7. The Balaban J connectivity index is 1.37. The van der Waals surface area contributed by atoms with Gasteiger partial charge in [0.2, 0.25) is 0 Å². The van der Waals surface area contributed by atoms with Crippen LogP contribution in [0.15, 0.2) is 36.4 Å². The smallest absolute Gasteiger partial charge is 0.0675 e. The second-order valence-corrected chi connectivity index (χ2v) is 25.9. The van der Waals surface area contributed by atoms with Crippen molar-refractivity contribution in [2.75, 3.05) is 7.11 Å². The van der Waals surface area contributed by atoms with Crippen molar-refractivity contribution in [3.8, 4) is 0 Å². The van der Waals surface area contributed by atoms with Crippen LogP contribution >= 0.6 is 0 Å². The minimum atomic E-state index is 0.105. The zero-order chi connectivity index (χ0) is 41.7. The Morgan fingerprint density at radius 3 is 1.30 bits per heavy atom. The molecule has 1 heteroatoms. The van der Waals surface area contributed by atoms with Crippen LogP contribution in [0.4, 0.5) is 0 Å². The van der Waals surface area contributed by atoms with Crippen LogP contribution in [-0.4, -0.2) is 13.2 Å². The molecule has 4 aliphatic rings. The van der Waals surface area contributed by atoms with Crippen LogP contribution in [-0.2, 0) is 26.4 Å². The molecule has 0 heterocycles. The summed E-state index contributed by atoms with van der Waals surface area (Å²) < 4.78 is 6.77. The van der Waals surface area contributed by atoms with Gasteiger partial charge >= 0.3 is 0 Å².